The fraction of sp³-hybridized carbons (Fsp3) is 0.417. The van der Waals surface area contributed by atoms with Gasteiger partial charge in [0, 0.05) is 55.5 Å². The molecule has 1 aliphatic heterocycles. The van der Waals surface area contributed by atoms with E-state index in [4.69, 9.17) is 0 Å². The standard InChI is InChI=1S/C24H32N6.HI/c1-18-7-5-11-23(28-18)30-15-12-20(13-16-30)29-24(25-2)26-14-6-8-19-17-27-22-10-4-3-9-21(19)22;/h3-5,7,9-11,17,20,27H,6,8,12-16H2,1-2H3,(H2,25,26,29);1H. The van der Waals surface area contributed by atoms with Crippen molar-refractivity contribution in [3.63, 3.8) is 0 Å². The molecule has 7 heteroatoms. The van der Waals surface area contributed by atoms with Gasteiger partial charge >= 0.3 is 0 Å². The summed E-state index contributed by atoms with van der Waals surface area (Å²) < 4.78 is 0. The molecule has 0 atom stereocenters. The smallest absolute Gasteiger partial charge is 0.191 e. The number of aliphatic imine (C=N–C) groups is 1. The number of aromatic amines is 1. The second-order valence-corrected chi connectivity index (χ2v) is 8.00. The number of nitrogens with zero attached hydrogens (tertiary/aromatic N) is 3. The van der Waals surface area contributed by atoms with Gasteiger partial charge in [-0.15, -0.1) is 24.0 Å². The van der Waals surface area contributed by atoms with Crippen LogP contribution in [0.5, 0.6) is 0 Å². The Hall–Kier alpha value is -2.29. The number of aromatic nitrogens is 2. The van der Waals surface area contributed by atoms with Crippen LogP contribution in [0.1, 0.15) is 30.5 Å². The molecule has 3 N–H and O–H groups in total. The highest BCUT2D eigenvalue weighted by atomic mass is 127. The first-order valence-corrected chi connectivity index (χ1v) is 10.9. The molecule has 2 aromatic heterocycles. The zero-order valence-electron chi connectivity index (χ0n) is 18.4. The highest BCUT2D eigenvalue weighted by Crippen LogP contribution is 2.19. The van der Waals surface area contributed by atoms with Gasteiger partial charge in [0.25, 0.3) is 0 Å². The second-order valence-electron chi connectivity index (χ2n) is 8.00. The van der Waals surface area contributed by atoms with E-state index in [0.29, 0.717) is 6.04 Å². The number of hydrogen-bond acceptors (Lipinski definition) is 3. The fourth-order valence-corrected chi connectivity index (χ4v) is 4.17. The molecule has 0 spiro atoms. The normalized spacial score (nSPS) is 15.0. The lowest BCUT2D eigenvalue weighted by atomic mass is 10.1. The highest BCUT2D eigenvalue weighted by molar-refractivity contribution is 14.0. The van der Waals surface area contributed by atoms with Crippen molar-refractivity contribution in [2.24, 2.45) is 4.99 Å². The van der Waals surface area contributed by atoms with Crippen molar-refractivity contribution in [2.75, 3.05) is 31.6 Å². The number of rotatable bonds is 6. The van der Waals surface area contributed by atoms with Crippen molar-refractivity contribution < 1.29 is 0 Å². The number of piperidine rings is 1. The predicted octanol–water partition coefficient (Wildman–Crippen LogP) is 4.26. The zero-order valence-corrected chi connectivity index (χ0v) is 20.7. The molecule has 0 saturated carbocycles. The van der Waals surface area contributed by atoms with Gasteiger partial charge in [-0.25, -0.2) is 4.98 Å². The number of pyridine rings is 1. The van der Waals surface area contributed by atoms with Crippen LogP contribution in [-0.4, -0.2) is 48.7 Å². The molecule has 1 aliphatic rings. The maximum Gasteiger partial charge on any atom is 0.191 e. The van der Waals surface area contributed by atoms with Gasteiger partial charge in [-0.3, -0.25) is 4.99 Å². The maximum absolute atomic E-state index is 4.66. The summed E-state index contributed by atoms with van der Waals surface area (Å²) in [5, 5.41) is 8.41. The molecule has 166 valence electrons. The van der Waals surface area contributed by atoms with Crippen molar-refractivity contribution in [3.05, 3.63) is 59.9 Å². The molecule has 0 bridgehead atoms. The molecule has 1 saturated heterocycles. The van der Waals surface area contributed by atoms with E-state index < -0.39 is 0 Å². The Balaban J connectivity index is 0.00000272. The minimum atomic E-state index is 0. The van der Waals surface area contributed by atoms with E-state index >= 15 is 0 Å². The number of halogens is 1. The van der Waals surface area contributed by atoms with Gasteiger partial charge < -0.3 is 20.5 Å². The van der Waals surface area contributed by atoms with Crippen LogP contribution >= 0.6 is 24.0 Å². The maximum atomic E-state index is 4.66. The molecule has 3 heterocycles. The van der Waals surface area contributed by atoms with Gasteiger partial charge in [-0.1, -0.05) is 24.3 Å². The molecule has 0 unspecified atom stereocenters. The van der Waals surface area contributed by atoms with Crippen molar-refractivity contribution >= 4 is 46.7 Å². The lowest BCUT2D eigenvalue weighted by molar-refractivity contribution is 0.459. The van der Waals surface area contributed by atoms with E-state index in [9.17, 15) is 0 Å². The molecule has 1 fully saturated rings. The Morgan fingerprint density at radius 1 is 1.16 bits per heavy atom. The molecule has 0 radical (unpaired) electrons. The van der Waals surface area contributed by atoms with Crippen molar-refractivity contribution in [1.29, 1.82) is 0 Å². The summed E-state index contributed by atoms with van der Waals surface area (Å²) in [4.78, 5) is 14.8. The number of fused-ring (bicyclic) bond motifs is 1. The van der Waals surface area contributed by atoms with Crippen molar-refractivity contribution in [2.45, 2.75) is 38.6 Å². The SMILES string of the molecule is CN=C(NCCCc1c[nH]c2ccccc12)NC1CCN(c2cccc(C)n2)CC1.I. The number of aryl methyl sites for hydroxylation is 2. The number of benzene rings is 1. The molecule has 0 amide bonds. The Labute approximate surface area is 202 Å². The van der Waals surface area contributed by atoms with Crippen LogP contribution in [0.25, 0.3) is 10.9 Å². The molecule has 6 nitrogen and oxygen atoms in total. The molecule has 3 aromatic rings. The van der Waals surface area contributed by atoms with Gasteiger partial charge in [-0.05, 0) is 56.4 Å². The molecule has 1 aromatic carbocycles. The van der Waals surface area contributed by atoms with Crippen molar-refractivity contribution in [1.82, 2.24) is 20.6 Å². The number of nitrogens with one attached hydrogen (secondary N) is 3. The average molecular weight is 532 g/mol. The lowest BCUT2D eigenvalue weighted by Crippen LogP contribution is -2.49. The Bertz CT molecular complexity index is 990. The van der Waals surface area contributed by atoms with E-state index in [0.717, 1.165) is 62.8 Å². The van der Waals surface area contributed by atoms with E-state index in [1.54, 1.807) is 0 Å². The average Bonchev–Trinajstić information content (AvgIpc) is 3.19. The summed E-state index contributed by atoms with van der Waals surface area (Å²) in [5.74, 6) is 1.99. The Kier molecular flexibility index (Phi) is 8.57. The lowest BCUT2D eigenvalue weighted by Gasteiger charge is -2.34. The topological polar surface area (TPSA) is 68.3 Å². The summed E-state index contributed by atoms with van der Waals surface area (Å²) in [6, 6.07) is 15.2. The quantitative estimate of drug-likeness (QED) is 0.192. The largest absolute Gasteiger partial charge is 0.361 e. The van der Waals surface area contributed by atoms with Gasteiger partial charge in [-0.2, -0.15) is 0 Å². The van der Waals surface area contributed by atoms with Crippen LogP contribution in [0, 0.1) is 6.92 Å². The third kappa shape index (κ3) is 6.12. The first-order valence-electron chi connectivity index (χ1n) is 10.9. The van der Waals surface area contributed by atoms with E-state index in [2.05, 4.69) is 73.1 Å². The van der Waals surface area contributed by atoms with Crippen molar-refractivity contribution in [3.8, 4) is 0 Å². The van der Waals surface area contributed by atoms with Crippen LogP contribution in [0.15, 0.2) is 53.7 Å². The molecule has 4 rings (SSSR count). The molecular weight excluding hydrogens is 499 g/mol. The Morgan fingerprint density at radius 3 is 2.74 bits per heavy atom. The van der Waals surface area contributed by atoms with Crippen LogP contribution in [-0.2, 0) is 6.42 Å². The van der Waals surface area contributed by atoms with Crippen LogP contribution in [0.2, 0.25) is 0 Å². The first-order chi connectivity index (χ1) is 14.7. The highest BCUT2D eigenvalue weighted by Gasteiger charge is 2.20. The molecular formula is C24H33IN6. The van der Waals surface area contributed by atoms with Gasteiger partial charge in [0.15, 0.2) is 5.96 Å². The fourth-order valence-electron chi connectivity index (χ4n) is 4.17. The van der Waals surface area contributed by atoms with E-state index in [-0.39, 0.29) is 24.0 Å². The summed E-state index contributed by atoms with van der Waals surface area (Å²) >= 11 is 0. The Morgan fingerprint density at radius 2 is 1.97 bits per heavy atom. The summed E-state index contributed by atoms with van der Waals surface area (Å²) in [6.07, 6.45) is 6.43. The second kappa shape index (κ2) is 11.4. The summed E-state index contributed by atoms with van der Waals surface area (Å²) in [6.45, 7) is 4.99. The summed E-state index contributed by atoms with van der Waals surface area (Å²) in [7, 11) is 1.85. The number of anilines is 1. The van der Waals surface area contributed by atoms with Gasteiger partial charge in [0.2, 0.25) is 0 Å². The molecule has 31 heavy (non-hydrogen) atoms. The van der Waals surface area contributed by atoms with E-state index in [1.165, 1.54) is 16.5 Å². The minimum Gasteiger partial charge on any atom is -0.361 e. The number of hydrogen-bond donors (Lipinski definition) is 3. The minimum absolute atomic E-state index is 0. The number of H-pyrrole nitrogens is 1. The van der Waals surface area contributed by atoms with E-state index in [1.807, 2.05) is 20.0 Å². The number of para-hydroxylation sites is 1. The third-order valence-electron chi connectivity index (χ3n) is 5.85. The third-order valence-corrected chi connectivity index (χ3v) is 5.85. The van der Waals surface area contributed by atoms with Crippen LogP contribution in [0.3, 0.4) is 0 Å². The van der Waals surface area contributed by atoms with Gasteiger partial charge in [0.05, 0.1) is 0 Å². The number of guanidine groups is 1. The van der Waals surface area contributed by atoms with Gasteiger partial charge in [0.1, 0.15) is 5.82 Å². The van der Waals surface area contributed by atoms with Crippen LogP contribution in [0.4, 0.5) is 5.82 Å². The monoisotopic (exact) mass is 532 g/mol. The first kappa shape index (κ1) is 23.4. The molecule has 0 aliphatic carbocycles. The zero-order chi connectivity index (χ0) is 20.8. The van der Waals surface area contributed by atoms with Crippen LogP contribution < -0.4 is 15.5 Å². The summed E-state index contributed by atoms with van der Waals surface area (Å²) in [5.41, 5.74) is 3.67. The predicted molar refractivity (Wildman–Crippen MR) is 141 cm³/mol.